The number of aliphatic hydroxyl groups is 1. The molecule has 17 heavy (non-hydrogen) atoms. The van der Waals surface area contributed by atoms with Crippen molar-refractivity contribution in [3.8, 4) is 5.75 Å². The van der Waals surface area contributed by atoms with Crippen LogP contribution in [0.2, 0.25) is 0 Å². The summed E-state index contributed by atoms with van der Waals surface area (Å²) in [7, 11) is 1.67. The van der Waals surface area contributed by atoms with E-state index in [-0.39, 0.29) is 6.61 Å². The molecule has 4 nitrogen and oxygen atoms in total. The lowest BCUT2D eigenvalue weighted by atomic mass is 10.0. The maximum atomic E-state index is 9.29. The minimum Gasteiger partial charge on any atom is -0.495 e. The standard InChI is InChI=1S/C13H20N2O2/c1-10-3-4-12(17-2)11(7-10)15-6-5-13(14,8-15)9-16/h3-4,7,16H,5-6,8-9,14H2,1-2H3. The number of rotatable bonds is 3. The largest absolute Gasteiger partial charge is 0.495 e. The van der Waals surface area contributed by atoms with Crippen molar-refractivity contribution in [2.45, 2.75) is 18.9 Å². The Labute approximate surface area is 102 Å². The van der Waals surface area contributed by atoms with E-state index in [1.807, 2.05) is 12.1 Å². The number of ether oxygens (including phenoxy) is 1. The molecular weight excluding hydrogens is 216 g/mol. The molecule has 1 heterocycles. The highest BCUT2D eigenvalue weighted by Gasteiger charge is 2.34. The number of aliphatic hydroxyl groups excluding tert-OH is 1. The molecule has 94 valence electrons. The Balaban J connectivity index is 2.26. The maximum Gasteiger partial charge on any atom is 0.142 e. The summed E-state index contributed by atoms with van der Waals surface area (Å²) in [5.41, 5.74) is 7.86. The van der Waals surface area contributed by atoms with Gasteiger partial charge < -0.3 is 20.5 Å². The lowest BCUT2D eigenvalue weighted by Crippen LogP contribution is -2.46. The second-order valence-electron chi connectivity index (χ2n) is 4.87. The van der Waals surface area contributed by atoms with Gasteiger partial charge in [-0.2, -0.15) is 0 Å². The van der Waals surface area contributed by atoms with E-state index in [0.29, 0.717) is 6.54 Å². The first-order valence-electron chi connectivity index (χ1n) is 5.87. The highest BCUT2D eigenvalue weighted by atomic mass is 16.5. The number of aryl methyl sites for hydroxylation is 1. The maximum absolute atomic E-state index is 9.29. The number of methoxy groups -OCH3 is 1. The molecule has 1 fully saturated rings. The molecule has 0 saturated carbocycles. The van der Waals surface area contributed by atoms with Crippen LogP contribution in [0.3, 0.4) is 0 Å². The first-order valence-corrected chi connectivity index (χ1v) is 5.87. The Kier molecular flexibility index (Phi) is 3.26. The summed E-state index contributed by atoms with van der Waals surface area (Å²) in [4.78, 5) is 2.18. The van der Waals surface area contributed by atoms with E-state index in [1.165, 1.54) is 5.56 Å². The van der Waals surface area contributed by atoms with E-state index >= 15 is 0 Å². The second-order valence-corrected chi connectivity index (χ2v) is 4.87. The fourth-order valence-electron chi connectivity index (χ4n) is 2.28. The molecule has 0 aromatic heterocycles. The minimum atomic E-state index is -0.477. The molecule has 1 unspecified atom stereocenters. The van der Waals surface area contributed by atoms with Crippen LogP contribution < -0.4 is 15.4 Å². The van der Waals surface area contributed by atoms with Crippen molar-refractivity contribution >= 4 is 5.69 Å². The Morgan fingerprint density at radius 3 is 2.88 bits per heavy atom. The van der Waals surface area contributed by atoms with Gasteiger partial charge in [-0.1, -0.05) is 6.07 Å². The molecule has 1 aromatic carbocycles. The summed E-state index contributed by atoms with van der Waals surface area (Å²) in [6.07, 6.45) is 0.806. The third kappa shape index (κ3) is 2.37. The van der Waals surface area contributed by atoms with Crippen LogP contribution in [-0.4, -0.2) is 37.5 Å². The van der Waals surface area contributed by atoms with Crippen LogP contribution in [0.25, 0.3) is 0 Å². The van der Waals surface area contributed by atoms with Gasteiger partial charge in [0.1, 0.15) is 5.75 Å². The molecular formula is C13H20N2O2. The Bertz CT molecular complexity index is 408. The molecule has 0 aliphatic carbocycles. The predicted octanol–water partition coefficient (Wildman–Crippen LogP) is 0.904. The zero-order chi connectivity index (χ0) is 12.5. The van der Waals surface area contributed by atoms with Gasteiger partial charge in [-0.05, 0) is 31.0 Å². The lowest BCUT2D eigenvalue weighted by molar-refractivity contribution is 0.210. The normalized spacial score (nSPS) is 24.1. The Morgan fingerprint density at radius 2 is 2.29 bits per heavy atom. The van der Waals surface area contributed by atoms with Gasteiger partial charge >= 0.3 is 0 Å². The van der Waals surface area contributed by atoms with E-state index in [0.717, 1.165) is 24.4 Å². The Hall–Kier alpha value is -1.26. The molecule has 1 saturated heterocycles. The lowest BCUT2D eigenvalue weighted by Gasteiger charge is -2.25. The third-order valence-electron chi connectivity index (χ3n) is 3.38. The van der Waals surface area contributed by atoms with Crippen LogP contribution in [0.5, 0.6) is 5.75 Å². The number of nitrogens with zero attached hydrogens (tertiary/aromatic N) is 1. The van der Waals surface area contributed by atoms with Crippen molar-refractivity contribution in [3.63, 3.8) is 0 Å². The number of nitrogens with two attached hydrogens (primary N) is 1. The van der Waals surface area contributed by atoms with Crippen LogP contribution in [0.15, 0.2) is 18.2 Å². The highest BCUT2D eigenvalue weighted by Crippen LogP contribution is 2.33. The molecule has 4 heteroatoms. The summed E-state index contributed by atoms with van der Waals surface area (Å²) in [6.45, 7) is 3.61. The van der Waals surface area contributed by atoms with Crippen molar-refractivity contribution in [1.29, 1.82) is 0 Å². The van der Waals surface area contributed by atoms with Gasteiger partial charge in [-0.25, -0.2) is 0 Å². The Morgan fingerprint density at radius 1 is 1.53 bits per heavy atom. The first kappa shape index (κ1) is 12.2. The molecule has 1 aliphatic heterocycles. The number of benzene rings is 1. The number of anilines is 1. The fraction of sp³-hybridized carbons (Fsp3) is 0.538. The van der Waals surface area contributed by atoms with Gasteiger partial charge in [0.05, 0.1) is 24.9 Å². The smallest absolute Gasteiger partial charge is 0.142 e. The van der Waals surface area contributed by atoms with Gasteiger partial charge in [0.2, 0.25) is 0 Å². The summed E-state index contributed by atoms with van der Waals surface area (Å²) in [6, 6.07) is 6.10. The SMILES string of the molecule is COc1ccc(C)cc1N1CCC(N)(CO)C1. The molecule has 3 N–H and O–H groups in total. The number of hydrogen-bond donors (Lipinski definition) is 2. The molecule has 0 spiro atoms. The third-order valence-corrected chi connectivity index (χ3v) is 3.38. The van der Waals surface area contributed by atoms with Crippen molar-refractivity contribution in [2.24, 2.45) is 5.73 Å². The van der Waals surface area contributed by atoms with E-state index in [4.69, 9.17) is 10.5 Å². The van der Waals surface area contributed by atoms with E-state index in [2.05, 4.69) is 17.9 Å². The van der Waals surface area contributed by atoms with E-state index < -0.39 is 5.54 Å². The van der Waals surface area contributed by atoms with E-state index in [1.54, 1.807) is 7.11 Å². The van der Waals surface area contributed by atoms with Crippen LogP contribution in [-0.2, 0) is 0 Å². The topological polar surface area (TPSA) is 58.7 Å². The van der Waals surface area contributed by atoms with Crippen LogP contribution in [0, 0.1) is 6.92 Å². The molecule has 1 aromatic rings. The quantitative estimate of drug-likeness (QED) is 0.819. The highest BCUT2D eigenvalue weighted by molar-refractivity contribution is 5.61. The molecule has 0 bridgehead atoms. The van der Waals surface area contributed by atoms with Crippen molar-refractivity contribution < 1.29 is 9.84 Å². The second kappa shape index (κ2) is 4.55. The number of hydrogen-bond acceptors (Lipinski definition) is 4. The molecule has 0 radical (unpaired) electrons. The van der Waals surface area contributed by atoms with Crippen LogP contribution in [0.4, 0.5) is 5.69 Å². The van der Waals surface area contributed by atoms with Crippen molar-refractivity contribution in [2.75, 3.05) is 31.7 Å². The molecule has 2 rings (SSSR count). The molecule has 1 aliphatic rings. The van der Waals surface area contributed by atoms with Gasteiger partial charge in [0.25, 0.3) is 0 Å². The average molecular weight is 236 g/mol. The van der Waals surface area contributed by atoms with Crippen LogP contribution >= 0.6 is 0 Å². The monoisotopic (exact) mass is 236 g/mol. The summed E-state index contributed by atoms with van der Waals surface area (Å²) >= 11 is 0. The zero-order valence-corrected chi connectivity index (χ0v) is 10.4. The predicted molar refractivity (Wildman–Crippen MR) is 68.6 cm³/mol. The summed E-state index contributed by atoms with van der Waals surface area (Å²) in [5, 5.41) is 9.29. The van der Waals surface area contributed by atoms with Crippen molar-refractivity contribution in [3.05, 3.63) is 23.8 Å². The fourth-order valence-corrected chi connectivity index (χ4v) is 2.28. The first-order chi connectivity index (χ1) is 8.08. The van der Waals surface area contributed by atoms with Gasteiger partial charge in [0, 0.05) is 13.1 Å². The summed E-state index contributed by atoms with van der Waals surface area (Å²) < 4.78 is 5.37. The van der Waals surface area contributed by atoms with Gasteiger partial charge in [-0.3, -0.25) is 0 Å². The van der Waals surface area contributed by atoms with Gasteiger partial charge in [0.15, 0.2) is 0 Å². The van der Waals surface area contributed by atoms with E-state index in [9.17, 15) is 5.11 Å². The van der Waals surface area contributed by atoms with Crippen molar-refractivity contribution in [1.82, 2.24) is 0 Å². The zero-order valence-electron chi connectivity index (χ0n) is 10.4. The summed E-state index contributed by atoms with van der Waals surface area (Å²) in [5.74, 6) is 0.859. The molecule has 0 amide bonds. The average Bonchev–Trinajstić information content (AvgIpc) is 2.73. The van der Waals surface area contributed by atoms with Gasteiger partial charge in [-0.15, -0.1) is 0 Å². The minimum absolute atomic E-state index is 0.0254. The van der Waals surface area contributed by atoms with Crippen LogP contribution in [0.1, 0.15) is 12.0 Å². The molecule has 1 atom stereocenters.